The predicted molar refractivity (Wildman–Crippen MR) is 24.2 cm³/mol. The van der Waals surface area contributed by atoms with Gasteiger partial charge in [-0.15, -0.1) is 0 Å². The fourth-order valence-electron chi connectivity index (χ4n) is 0.146. The number of carbonyl (C=O) groups is 2. The summed E-state index contributed by atoms with van der Waals surface area (Å²) in [7, 11) is 0. The first-order chi connectivity index (χ1) is 3.63. The Labute approximate surface area is 45.5 Å². The van der Waals surface area contributed by atoms with E-state index in [-0.39, 0.29) is 0 Å². The highest BCUT2D eigenvalue weighted by molar-refractivity contribution is 5.78. The summed E-state index contributed by atoms with van der Waals surface area (Å²) in [5.74, 6) is -1.16. The highest BCUT2D eigenvalue weighted by Crippen LogP contribution is 1.61. The quantitative estimate of drug-likeness (QED) is 0.473. The number of carboxylic acids is 1. The molecule has 0 bridgehead atoms. The molecule has 3 N–H and O–H groups in total. The fourth-order valence-corrected chi connectivity index (χ4v) is 0.146. The van der Waals surface area contributed by atoms with Crippen molar-refractivity contribution in [3.8, 4) is 0 Å². The minimum atomic E-state index is -1.16. The van der Waals surface area contributed by atoms with Gasteiger partial charge in [-0.2, -0.15) is 0 Å². The molecule has 0 aliphatic rings. The van der Waals surface area contributed by atoms with Gasteiger partial charge in [-0.25, -0.2) is 10.1 Å². The Bertz CT molecular complexity index is 97.1. The van der Waals surface area contributed by atoms with E-state index in [0.717, 1.165) is 0 Å². The van der Waals surface area contributed by atoms with Crippen LogP contribution in [0.25, 0.3) is 0 Å². The van der Waals surface area contributed by atoms with E-state index in [9.17, 15) is 9.59 Å². The molecule has 0 saturated carbocycles. The lowest BCUT2D eigenvalue weighted by Gasteiger charge is -1.88. The zero-order valence-corrected chi connectivity index (χ0v) is 4.00. The molecule has 0 fully saturated rings. The molecule has 0 aromatic rings. The molecule has 8 heavy (non-hydrogen) atoms. The second-order valence-corrected chi connectivity index (χ2v) is 1.05. The largest absolute Gasteiger partial charge is 0.480 e. The van der Waals surface area contributed by atoms with E-state index in [1.165, 1.54) is 0 Å². The Kier molecular flexibility index (Phi) is 2.39. The van der Waals surface area contributed by atoms with E-state index in [2.05, 4.69) is 11.1 Å². The Morgan fingerprint density at radius 1 is 1.62 bits per heavy atom. The number of aliphatic carboxylic acids is 1. The molecule has 0 aliphatic carbocycles. The van der Waals surface area contributed by atoms with Crippen LogP contribution in [0.15, 0.2) is 0 Å². The minimum Gasteiger partial charge on any atom is -0.480 e. The van der Waals surface area contributed by atoms with Crippen molar-refractivity contribution in [2.24, 2.45) is 5.73 Å². The van der Waals surface area contributed by atoms with Crippen LogP contribution in [0, 0.1) is 0 Å². The van der Waals surface area contributed by atoms with Gasteiger partial charge in [0.05, 0.1) is 0 Å². The minimum absolute atomic E-state index is 0.546. The summed E-state index contributed by atoms with van der Waals surface area (Å²) in [6, 6.07) is -0.951. The lowest BCUT2D eigenvalue weighted by molar-refractivity contribution is -0.135. The van der Waals surface area contributed by atoms with Crippen LogP contribution in [0.4, 0.5) is 4.79 Å². The van der Waals surface area contributed by atoms with Crippen LogP contribution in [-0.2, 0) is 4.79 Å². The number of urea groups is 1. The van der Waals surface area contributed by atoms with E-state index in [0.29, 0.717) is 0 Å². The van der Waals surface area contributed by atoms with Crippen molar-refractivity contribution in [1.82, 2.24) is 5.32 Å². The van der Waals surface area contributed by atoms with Crippen molar-refractivity contribution in [2.75, 3.05) is 6.54 Å². The summed E-state index contributed by atoms with van der Waals surface area (Å²) in [6.07, 6.45) is 0. The second-order valence-electron chi connectivity index (χ2n) is 1.05. The van der Waals surface area contributed by atoms with Crippen LogP contribution >= 0.6 is 0 Å². The van der Waals surface area contributed by atoms with Crippen LogP contribution in [0.3, 0.4) is 0 Å². The highest BCUT2D eigenvalue weighted by atomic mass is 16.4. The molecule has 45 valence electrons. The smallest absolute Gasteiger partial charge is 0.334 e. The fraction of sp³-hybridized carbons (Fsp3) is 0.333. The van der Waals surface area contributed by atoms with Gasteiger partial charge in [0.25, 0.3) is 0 Å². The highest BCUT2D eigenvalue weighted by Gasteiger charge is 1.98. The van der Waals surface area contributed by atoms with E-state index >= 15 is 0 Å². The molecule has 5 heteroatoms. The average molecular weight is 117 g/mol. The van der Waals surface area contributed by atoms with Crippen LogP contribution in [-0.4, -0.2) is 23.7 Å². The van der Waals surface area contributed by atoms with Gasteiger partial charge in [0.2, 0.25) is 0 Å². The maximum atomic E-state index is 9.70. The number of hydrogen-bond acceptors (Lipinski definition) is 2. The molecular formula is C3H5N2O3. The van der Waals surface area contributed by atoms with Gasteiger partial charge in [0.15, 0.2) is 0 Å². The summed E-state index contributed by atoms with van der Waals surface area (Å²) < 4.78 is 0. The van der Waals surface area contributed by atoms with Crippen molar-refractivity contribution in [1.29, 1.82) is 0 Å². The van der Waals surface area contributed by atoms with Gasteiger partial charge in [-0.3, -0.25) is 4.79 Å². The molecule has 5 nitrogen and oxygen atoms in total. The zero-order valence-electron chi connectivity index (χ0n) is 4.00. The van der Waals surface area contributed by atoms with Crippen LogP contribution in [0.1, 0.15) is 0 Å². The molecule has 0 atom stereocenters. The molecule has 2 amide bonds. The maximum absolute atomic E-state index is 9.70. The van der Waals surface area contributed by atoms with Gasteiger partial charge in [0.1, 0.15) is 6.54 Å². The summed E-state index contributed by atoms with van der Waals surface area (Å²) in [5, 5.41) is 10.7. The number of primary amides is 1. The summed E-state index contributed by atoms with van der Waals surface area (Å²) in [4.78, 5) is 19.3. The van der Waals surface area contributed by atoms with E-state index in [4.69, 9.17) is 5.11 Å². The molecule has 0 spiro atoms. The maximum Gasteiger partial charge on any atom is 0.334 e. The summed E-state index contributed by atoms with van der Waals surface area (Å²) >= 11 is 0. The third-order valence-corrected chi connectivity index (χ3v) is 0.370. The predicted octanol–water partition coefficient (Wildman–Crippen LogP) is -1.25. The first-order valence-electron chi connectivity index (χ1n) is 1.81. The lowest BCUT2D eigenvalue weighted by Crippen LogP contribution is -2.27. The Morgan fingerprint density at radius 2 is 2.12 bits per heavy atom. The van der Waals surface area contributed by atoms with Gasteiger partial charge in [-0.1, -0.05) is 0 Å². The molecule has 0 aromatic carbocycles. The van der Waals surface area contributed by atoms with Crippen LogP contribution < -0.4 is 11.1 Å². The first-order valence-corrected chi connectivity index (χ1v) is 1.81. The third-order valence-electron chi connectivity index (χ3n) is 0.370. The Balaban J connectivity index is 3.18. The number of hydrogen-bond donors (Lipinski definition) is 2. The van der Waals surface area contributed by atoms with Gasteiger partial charge >= 0.3 is 12.0 Å². The Morgan fingerprint density at radius 3 is 2.25 bits per heavy atom. The number of rotatable bonds is 2. The van der Waals surface area contributed by atoms with Crippen molar-refractivity contribution >= 4 is 12.0 Å². The van der Waals surface area contributed by atoms with Gasteiger partial charge in [-0.05, 0) is 0 Å². The summed E-state index contributed by atoms with van der Waals surface area (Å²) in [6.45, 7) is -0.546. The number of nitrogens with two attached hydrogens (primary N) is 1. The average Bonchev–Trinajstić information content (AvgIpc) is 1.61. The van der Waals surface area contributed by atoms with Gasteiger partial charge < -0.3 is 10.8 Å². The Hall–Kier alpha value is -1.26. The molecule has 0 heterocycles. The third kappa shape index (κ3) is 4.74. The molecule has 0 saturated heterocycles. The van der Waals surface area contributed by atoms with E-state index < -0.39 is 18.5 Å². The van der Waals surface area contributed by atoms with Gasteiger partial charge in [0, 0.05) is 0 Å². The van der Waals surface area contributed by atoms with Crippen molar-refractivity contribution < 1.29 is 14.7 Å². The number of amides is 2. The standard InChI is InChI=1S/C3H5N2O3/c4-3(8)5-1-2(6)7/h1H2,(H2,4,8)(H,6,7). The topological polar surface area (TPSA) is 94.5 Å². The van der Waals surface area contributed by atoms with Crippen LogP contribution in [0.5, 0.6) is 0 Å². The van der Waals surface area contributed by atoms with Crippen LogP contribution in [0.2, 0.25) is 0 Å². The molecule has 1 radical (unpaired) electrons. The molecule has 0 unspecified atom stereocenters. The number of nitrogens with zero attached hydrogens (tertiary/aromatic N) is 1. The molecule has 0 aliphatic heterocycles. The first kappa shape index (κ1) is 6.74. The molecule has 0 aromatic heterocycles. The number of carboxylic acid groups (broad SMARTS) is 1. The van der Waals surface area contributed by atoms with E-state index in [1.807, 2.05) is 0 Å². The summed E-state index contributed by atoms with van der Waals surface area (Å²) in [5.41, 5.74) is 4.47. The second kappa shape index (κ2) is 2.84. The number of carbonyl (C=O) groups excluding carboxylic acids is 1. The zero-order chi connectivity index (χ0) is 6.57. The SMILES string of the molecule is NC(=O)[N]CC(=O)O. The monoisotopic (exact) mass is 117 g/mol. The van der Waals surface area contributed by atoms with E-state index in [1.54, 1.807) is 0 Å². The molecular weight excluding hydrogens is 112 g/mol. The van der Waals surface area contributed by atoms with Crippen molar-refractivity contribution in [3.63, 3.8) is 0 Å². The normalized spacial score (nSPS) is 8.00. The van der Waals surface area contributed by atoms with Crippen molar-refractivity contribution in [3.05, 3.63) is 0 Å². The molecule has 0 rings (SSSR count). The van der Waals surface area contributed by atoms with Crippen molar-refractivity contribution in [2.45, 2.75) is 0 Å². The lowest BCUT2D eigenvalue weighted by atomic mass is 10.7.